The Balaban J connectivity index is 3.14. The molecule has 1 amide bonds. The molecule has 0 rings (SSSR count). The van der Waals surface area contributed by atoms with Gasteiger partial charge in [-0.15, -0.1) is 6.42 Å². The molecule has 1 atom stereocenters. The summed E-state index contributed by atoms with van der Waals surface area (Å²) < 4.78 is 0. The molecule has 0 aromatic carbocycles. The highest BCUT2D eigenvalue weighted by Gasteiger charge is 1.93. The van der Waals surface area contributed by atoms with Crippen LogP contribution in [-0.4, -0.2) is 24.2 Å². The van der Waals surface area contributed by atoms with Crippen molar-refractivity contribution in [1.82, 2.24) is 5.32 Å². The van der Waals surface area contributed by atoms with E-state index in [1.165, 1.54) is 6.41 Å². The Morgan fingerprint density at radius 1 is 1.88 bits per heavy atom. The number of amides is 1. The lowest BCUT2D eigenvalue weighted by Gasteiger charge is -1.97. The van der Waals surface area contributed by atoms with E-state index < -0.39 is 6.10 Å². The molecule has 0 heterocycles. The van der Waals surface area contributed by atoms with Crippen LogP contribution in [0.25, 0.3) is 0 Å². The smallest absolute Gasteiger partial charge is 0.309 e. The first kappa shape index (κ1) is 6.99. The van der Waals surface area contributed by atoms with Crippen LogP contribution in [0.4, 0.5) is 0 Å². The molecule has 1 radical (unpaired) electrons. The first-order valence-corrected chi connectivity index (χ1v) is 2.05. The van der Waals surface area contributed by atoms with E-state index in [-0.39, 0.29) is 6.54 Å². The van der Waals surface area contributed by atoms with Crippen molar-refractivity contribution in [2.24, 2.45) is 0 Å². The lowest BCUT2D eigenvalue weighted by Crippen LogP contribution is -2.23. The summed E-state index contributed by atoms with van der Waals surface area (Å²) in [6, 6.07) is 0. The third-order valence-electron chi connectivity index (χ3n) is 0.560. The number of terminal acetylenes is 1. The van der Waals surface area contributed by atoms with Crippen molar-refractivity contribution in [3.05, 3.63) is 0 Å². The van der Waals surface area contributed by atoms with Crippen molar-refractivity contribution >= 4 is 6.41 Å². The van der Waals surface area contributed by atoms with E-state index in [9.17, 15) is 4.79 Å². The monoisotopic (exact) mass is 112 g/mol. The summed E-state index contributed by atoms with van der Waals surface area (Å²) in [6.45, 7) is 0.0694. The van der Waals surface area contributed by atoms with Gasteiger partial charge in [0, 0.05) is 0 Å². The van der Waals surface area contributed by atoms with E-state index in [4.69, 9.17) is 11.5 Å². The molecule has 0 aromatic heterocycles. The van der Waals surface area contributed by atoms with Gasteiger partial charge in [-0.25, -0.2) is 0 Å². The van der Waals surface area contributed by atoms with Gasteiger partial charge in [-0.3, -0.25) is 4.79 Å². The molecule has 0 aliphatic carbocycles. The van der Waals surface area contributed by atoms with Crippen LogP contribution in [0.15, 0.2) is 0 Å². The minimum absolute atomic E-state index is 0.0694. The molecule has 3 heteroatoms. The molecule has 8 heavy (non-hydrogen) atoms. The predicted octanol–water partition coefficient (Wildman–Crippen LogP) is -1.36. The maximum atomic E-state index is 9.41. The maximum absolute atomic E-state index is 9.41. The number of nitrogens with one attached hydrogen (secondary N) is 1. The number of aliphatic hydroxyl groups excluding tert-OH is 1. The average molecular weight is 112 g/mol. The van der Waals surface area contributed by atoms with Crippen molar-refractivity contribution in [2.75, 3.05) is 6.54 Å². The summed E-state index contributed by atoms with van der Waals surface area (Å²) in [6.07, 6.45) is 5.23. The molecule has 1 unspecified atom stereocenters. The lowest BCUT2D eigenvalue weighted by molar-refractivity contribution is 0.234. The average Bonchev–Trinajstić information content (AvgIpc) is 1.83. The zero-order valence-corrected chi connectivity index (χ0v) is 4.22. The van der Waals surface area contributed by atoms with E-state index >= 15 is 0 Å². The molecule has 3 nitrogen and oxygen atoms in total. The Kier molecular flexibility index (Phi) is 3.63. The van der Waals surface area contributed by atoms with Gasteiger partial charge in [0.05, 0.1) is 6.54 Å². The highest BCUT2D eigenvalue weighted by molar-refractivity contribution is 5.47. The summed E-state index contributed by atoms with van der Waals surface area (Å²) in [4.78, 5) is 9.41. The molecule has 2 N–H and O–H groups in total. The van der Waals surface area contributed by atoms with Crippen LogP contribution in [-0.2, 0) is 4.79 Å². The van der Waals surface area contributed by atoms with Crippen LogP contribution in [0, 0.1) is 12.3 Å². The number of hydrogen-bond acceptors (Lipinski definition) is 2. The van der Waals surface area contributed by atoms with Gasteiger partial charge in [0.15, 0.2) is 0 Å². The van der Waals surface area contributed by atoms with Crippen LogP contribution in [0.1, 0.15) is 0 Å². The van der Waals surface area contributed by atoms with Gasteiger partial charge in [0.1, 0.15) is 6.10 Å². The van der Waals surface area contributed by atoms with Gasteiger partial charge in [0.2, 0.25) is 0 Å². The van der Waals surface area contributed by atoms with Crippen molar-refractivity contribution in [2.45, 2.75) is 6.10 Å². The molecule has 0 saturated heterocycles. The van der Waals surface area contributed by atoms with E-state index in [2.05, 4.69) is 5.32 Å². The van der Waals surface area contributed by atoms with Gasteiger partial charge in [-0.1, -0.05) is 5.92 Å². The fourth-order valence-electron chi connectivity index (χ4n) is 0.197. The minimum atomic E-state index is -0.892. The maximum Gasteiger partial charge on any atom is 0.309 e. The molecule has 0 bridgehead atoms. The summed E-state index contributed by atoms with van der Waals surface area (Å²) in [5.74, 6) is 2.01. The Hall–Kier alpha value is -1.01. The fraction of sp³-hybridized carbons (Fsp3) is 0.400. The minimum Gasteiger partial charge on any atom is -0.379 e. The third kappa shape index (κ3) is 3.19. The van der Waals surface area contributed by atoms with Gasteiger partial charge in [0.25, 0.3) is 0 Å². The van der Waals surface area contributed by atoms with Crippen LogP contribution >= 0.6 is 0 Å². The number of hydrogen-bond donors (Lipinski definition) is 2. The second kappa shape index (κ2) is 4.16. The molecule has 0 aliphatic rings. The standard InChI is InChI=1S/C5H6NO2/c1-2-5(8)3-6-4-7/h1,5,8H,3H2,(H,6,7). The normalized spacial score (nSPS) is 11.5. The van der Waals surface area contributed by atoms with Crippen molar-refractivity contribution in [3.8, 4) is 12.3 Å². The quantitative estimate of drug-likeness (QED) is 0.350. The number of carbonyl (C=O) groups excluding carboxylic acids is 1. The molecule has 43 valence electrons. The SMILES string of the molecule is C#CC(O)CN[C]=O. The van der Waals surface area contributed by atoms with Crippen molar-refractivity contribution in [1.29, 1.82) is 0 Å². The van der Waals surface area contributed by atoms with Gasteiger partial charge >= 0.3 is 6.41 Å². The Labute approximate surface area is 47.7 Å². The molecule has 0 aliphatic heterocycles. The first-order chi connectivity index (χ1) is 3.81. The molecule has 0 saturated carbocycles. The number of aliphatic hydroxyl groups is 1. The van der Waals surface area contributed by atoms with Gasteiger partial charge in [-0.05, 0) is 0 Å². The van der Waals surface area contributed by atoms with Crippen molar-refractivity contribution in [3.63, 3.8) is 0 Å². The molecular formula is C5H6NO2. The zero-order chi connectivity index (χ0) is 6.41. The number of rotatable bonds is 3. The molecule has 0 aromatic rings. The largest absolute Gasteiger partial charge is 0.379 e. The first-order valence-electron chi connectivity index (χ1n) is 2.05. The Bertz CT molecular complexity index is 105. The molecule has 0 spiro atoms. The summed E-state index contributed by atoms with van der Waals surface area (Å²) >= 11 is 0. The summed E-state index contributed by atoms with van der Waals surface area (Å²) in [5, 5.41) is 10.6. The lowest BCUT2D eigenvalue weighted by atomic mass is 10.4. The summed E-state index contributed by atoms with van der Waals surface area (Å²) in [7, 11) is 0. The fourth-order valence-corrected chi connectivity index (χ4v) is 0.197. The van der Waals surface area contributed by atoms with E-state index in [1.807, 2.05) is 5.92 Å². The highest BCUT2D eigenvalue weighted by Crippen LogP contribution is 1.70. The molecular weight excluding hydrogens is 106 g/mol. The second-order valence-electron chi connectivity index (χ2n) is 1.17. The second-order valence-corrected chi connectivity index (χ2v) is 1.17. The zero-order valence-electron chi connectivity index (χ0n) is 4.22. The Morgan fingerprint density at radius 2 is 2.50 bits per heavy atom. The Morgan fingerprint density at radius 3 is 2.88 bits per heavy atom. The van der Waals surface area contributed by atoms with Crippen LogP contribution in [0.2, 0.25) is 0 Å². The van der Waals surface area contributed by atoms with E-state index in [1.54, 1.807) is 0 Å². The van der Waals surface area contributed by atoms with Crippen LogP contribution < -0.4 is 5.32 Å². The van der Waals surface area contributed by atoms with Crippen molar-refractivity contribution < 1.29 is 9.90 Å². The predicted molar refractivity (Wildman–Crippen MR) is 28.5 cm³/mol. The summed E-state index contributed by atoms with van der Waals surface area (Å²) in [5.41, 5.74) is 0. The van der Waals surface area contributed by atoms with E-state index in [0.29, 0.717) is 0 Å². The third-order valence-corrected chi connectivity index (χ3v) is 0.560. The van der Waals surface area contributed by atoms with Gasteiger partial charge in [-0.2, -0.15) is 0 Å². The topological polar surface area (TPSA) is 49.3 Å². The van der Waals surface area contributed by atoms with Crippen LogP contribution in [0.5, 0.6) is 0 Å². The van der Waals surface area contributed by atoms with Gasteiger partial charge < -0.3 is 10.4 Å². The van der Waals surface area contributed by atoms with Crippen LogP contribution in [0.3, 0.4) is 0 Å². The van der Waals surface area contributed by atoms with E-state index in [0.717, 1.165) is 0 Å². The highest BCUT2D eigenvalue weighted by atomic mass is 16.3. The molecule has 0 fully saturated rings.